The third kappa shape index (κ3) is 3.49. The van der Waals surface area contributed by atoms with Gasteiger partial charge in [0.15, 0.2) is 0 Å². The molecule has 4 atom stereocenters. The maximum absolute atomic E-state index is 6.33. The molecule has 120 valence electrons. The van der Waals surface area contributed by atoms with Gasteiger partial charge >= 0.3 is 0 Å². The third-order valence-electron chi connectivity index (χ3n) is 4.47. The molecule has 0 radical (unpaired) electrons. The molecular formula is C16H20BrO2PS2. The Morgan fingerprint density at radius 2 is 2.18 bits per heavy atom. The fourth-order valence-electron chi connectivity index (χ4n) is 3.05. The minimum absolute atomic E-state index is 0.151. The summed E-state index contributed by atoms with van der Waals surface area (Å²) in [7, 11) is 0. The molecule has 1 heterocycles. The predicted molar refractivity (Wildman–Crippen MR) is 102 cm³/mol. The summed E-state index contributed by atoms with van der Waals surface area (Å²) >= 11 is 10.9. The molecule has 0 bridgehead atoms. The zero-order valence-corrected chi connectivity index (χ0v) is 16.9. The van der Waals surface area contributed by atoms with Crippen LogP contribution in [0.5, 0.6) is 5.75 Å². The fraction of sp³-hybridized carbons (Fsp3) is 0.500. The zero-order valence-electron chi connectivity index (χ0n) is 12.8. The van der Waals surface area contributed by atoms with Crippen LogP contribution in [-0.4, -0.2) is 10.9 Å². The van der Waals surface area contributed by atoms with Crippen molar-refractivity contribution in [1.82, 2.24) is 0 Å². The Morgan fingerprint density at radius 3 is 2.82 bits per heavy atom. The quantitative estimate of drug-likeness (QED) is 0.422. The normalized spacial score (nSPS) is 37.6. The maximum Gasteiger partial charge on any atom is 0.298 e. The van der Waals surface area contributed by atoms with Crippen molar-refractivity contribution in [2.24, 2.45) is 5.92 Å². The topological polar surface area (TPSA) is 18.5 Å². The highest BCUT2D eigenvalue weighted by molar-refractivity contribution is 9.10. The molecule has 1 aromatic carbocycles. The number of fused-ring (bicyclic) bond motifs is 1. The largest absolute Gasteiger partial charge is 0.436 e. The zero-order chi connectivity index (χ0) is 16.0. The minimum Gasteiger partial charge on any atom is -0.436 e. The van der Waals surface area contributed by atoms with Gasteiger partial charge in [0.1, 0.15) is 5.75 Å². The van der Waals surface area contributed by atoms with Crippen LogP contribution in [0.15, 0.2) is 40.9 Å². The predicted octanol–water partition coefficient (Wildman–Crippen LogP) is 6.32. The highest BCUT2D eigenvalue weighted by atomic mass is 79.9. The first-order valence-corrected chi connectivity index (χ1v) is 12.3. The number of rotatable bonds is 3. The van der Waals surface area contributed by atoms with Crippen molar-refractivity contribution in [3.8, 4) is 5.75 Å². The van der Waals surface area contributed by atoms with E-state index >= 15 is 0 Å². The second-order valence-electron chi connectivity index (χ2n) is 6.31. The average Bonchev–Trinajstić information content (AvgIpc) is 2.70. The van der Waals surface area contributed by atoms with E-state index in [2.05, 4.69) is 36.4 Å². The molecule has 0 amide bonds. The number of hydrogen-bond donors (Lipinski definition) is 0. The van der Waals surface area contributed by atoms with E-state index in [4.69, 9.17) is 20.9 Å². The van der Waals surface area contributed by atoms with E-state index in [0.29, 0.717) is 11.2 Å². The Labute approximate surface area is 150 Å². The molecule has 6 heteroatoms. The molecule has 0 aromatic heterocycles. The molecular weight excluding hydrogens is 399 g/mol. The summed E-state index contributed by atoms with van der Waals surface area (Å²) in [5.41, 5.74) is -1.21. The monoisotopic (exact) mass is 418 g/mol. The Morgan fingerprint density at radius 1 is 1.50 bits per heavy atom. The molecule has 1 aliphatic carbocycles. The molecule has 1 aromatic rings. The summed E-state index contributed by atoms with van der Waals surface area (Å²) in [6.07, 6.45) is 3.26. The van der Waals surface area contributed by atoms with E-state index in [-0.39, 0.29) is 5.60 Å². The van der Waals surface area contributed by atoms with E-state index in [1.54, 1.807) is 11.4 Å². The molecule has 1 saturated heterocycles. The summed E-state index contributed by atoms with van der Waals surface area (Å²) in [5, 5.41) is 0.407. The molecule has 3 rings (SSSR count). The number of benzene rings is 1. The van der Waals surface area contributed by atoms with Crippen LogP contribution in [0.1, 0.15) is 33.1 Å². The van der Waals surface area contributed by atoms with Crippen LogP contribution in [-0.2, 0) is 16.3 Å². The van der Waals surface area contributed by atoms with Crippen LogP contribution in [0, 0.1) is 5.92 Å². The van der Waals surface area contributed by atoms with Crippen molar-refractivity contribution >= 4 is 44.8 Å². The lowest BCUT2D eigenvalue weighted by Gasteiger charge is -2.37. The third-order valence-corrected chi connectivity index (χ3v) is 10.5. The molecule has 2 fully saturated rings. The lowest BCUT2D eigenvalue weighted by atomic mass is 9.77. The molecule has 22 heavy (non-hydrogen) atoms. The second kappa shape index (κ2) is 6.25. The van der Waals surface area contributed by atoms with Crippen LogP contribution in [0.4, 0.5) is 0 Å². The molecule has 0 N–H and O–H groups in total. The minimum atomic E-state index is -2.33. The Bertz CT molecular complexity index is 634. The molecule has 0 spiro atoms. The van der Waals surface area contributed by atoms with Crippen molar-refractivity contribution < 1.29 is 9.05 Å². The average molecular weight is 419 g/mol. The number of allylic oxidation sites excluding steroid dienone is 1. The van der Waals surface area contributed by atoms with Crippen LogP contribution < -0.4 is 4.52 Å². The SMILES string of the molecule is C=C(C)[C@@H]1CC[C@@]2(C)OP(=S)(Oc3ccc(Br)cc3)S[C@@H]2C1. The van der Waals surface area contributed by atoms with Gasteiger partial charge in [-0.15, -0.1) is 0 Å². The van der Waals surface area contributed by atoms with Crippen molar-refractivity contribution in [1.29, 1.82) is 0 Å². The van der Waals surface area contributed by atoms with E-state index in [9.17, 15) is 0 Å². The lowest BCUT2D eigenvalue weighted by molar-refractivity contribution is 0.0598. The summed E-state index contributed by atoms with van der Waals surface area (Å²) in [5.74, 6) is 1.38. The molecule has 1 unspecified atom stereocenters. The number of halogens is 1. The second-order valence-corrected chi connectivity index (χ2v) is 13.5. The molecule has 1 saturated carbocycles. The van der Waals surface area contributed by atoms with Gasteiger partial charge in [0.2, 0.25) is 0 Å². The van der Waals surface area contributed by atoms with E-state index < -0.39 is 5.69 Å². The Kier molecular flexibility index (Phi) is 4.84. The highest BCUT2D eigenvalue weighted by Gasteiger charge is 2.53. The first-order valence-electron chi connectivity index (χ1n) is 7.39. The van der Waals surface area contributed by atoms with Gasteiger partial charge in [-0.25, -0.2) is 0 Å². The highest BCUT2D eigenvalue weighted by Crippen LogP contribution is 2.74. The summed E-state index contributed by atoms with van der Waals surface area (Å²) in [4.78, 5) is 0. The van der Waals surface area contributed by atoms with E-state index in [0.717, 1.165) is 29.5 Å². The standard InChI is InChI=1S/C16H20BrO2PS2/c1-11(2)12-8-9-16(3)15(10-12)22-20(21,19-16)18-14-6-4-13(17)5-7-14/h4-7,12,15H,1,8-10H2,2-3H3/t12-,15-,16-,20?/m1/s1. The van der Waals surface area contributed by atoms with Gasteiger partial charge in [-0.2, -0.15) is 0 Å². The summed E-state index contributed by atoms with van der Waals surface area (Å²) in [6, 6.07) is 7.79. The lowest BCUT2D eigenvalue weighted by Crippen LogP contribution is -2.40. The van der Waals surface area contributed by atoms with Crippen LogP contribution in [0.25, 0.3) is 0 Å². The van der Waals surface area contributed by atoms with Crippen molar-refractivity contribution in [3.63, 3.8) is 0 Å². The summed E-state index contributed by atoms with van der Waals surface area (Å²) < 4.78 is 13.5. The van der Waals surface area contributed by atoms with E-state index in [1.165, 1.54) is 5.57 Å². The maximum atomic E-state index is 6.33. The van der Waals surface area contributed by atoms with Gasteiger partial charge in [-0.3, -0.25) is 0 Å². The van der Waals surface area contributed by atoms with Gasteiger partial charge in [0.25, 0.3) is 5.69 Å². The molecule has 2 nitrogen and oxygen atoms in total. The Balaban J connectivity index is 1.76. The fourth-order valence-corrected chi connectivity index (χ4v) is 10.2. The van der Waals surface area contributed by atoms with Crippen LogP contribution in [0.2, 0.25) is 0 Å². The van der Waals surface area contributed by atoms with Crippen molar-refractivity contribution in [2.45, 2.75) is 44.0 Å². The van der Waals surface area contributed by atoms with Gasteiger partial charge < -0.3 is 9.05 Å². The van der Waals surface area contributed by atoms with Gasteiger partial charge in [-0.1, -0.05) is 39.5 Å². The van der Waals surface area contributed by atoms with Crippen LogP contribution in [0.3, 0.4) is 0 Å². The van der Waals surface area contributed by atoms with Crippen molar-refractivity contribution in [2.75, 3.05) is 0 Å². The van der Waals surface area contributed by atoms with Gasteiger partial charge in [0.05, 0.1) is 5.60 Å². The van der Waals surface area contributed by atoms with Gasteiger partial charge in [-0.05, 0) is 75.1 Å². The van der Waals surface area contributed by atoms with Crippen LogP contribution >= 0.6 is 33.0 Å². The molecule has 2 aliphatic rings. The Hall–Kier alpha value is 0.200. The smallest absolute Gasteiger partial charge is 0.298 e. The van der Waals surface area contributed by atoms with Crippen molar-refractivity contribution in [3.05, 3.63) is 40.9 Å². The van der Waals surface area contributed by atoms with E-state index in [1.807, 2.05) is 24.3 Å². The molecule has 1 aliphatic heterocycles. The first-order chi connectivity index (χ1) is 10.3. The summed E-state index contributed by atoms with van der Waals surface area (Å²) in [6.45, 7) is 8.45. The van der Waals surface area contributed by atoms with Gasteiger partial charge in [0, 0.05) is 9.72 Å². The number of hydrogen-bond acceptors (Lipinski definition) is 4. The first kappa shape index (κ1) is 17.0.